The van der Waals surface area contributed by atoms with E-state index in [-0.39, 0.29) is 0 Å². The molecule has 0 spiro atoms. The fraction of sp³-hybridized carbons (Fsp3) is 0. The van der Waals surface area contributed by atoms with E-state index in [0.717, 1.165) is 112 Å². The maximum absolute atomic E-state index is 5.23. The minimum absolute atomic E-state index is 0.700. The summed E-state index contributed by atoms with van der Waals surface area (Å²) >= 11 is 0. The standard InChI is InChI=1S/C47H32N2.C46H31N3.C40H27N3/c1-3-11-33(12-4-1)35-19-23-38(24-20-35)44-31-40(32-45(48-44)39-25-21-36(22-26-39)34-13-5-2-6-14-34)37-27-29-41(30-28-37)49-46-17-9-7-15-42(46)43-16-8-10-18-47(43)49;1-3-11-32(12-4-1)34-19-23-36(24-20-34)42-31-43(48-46(47-42)38-25-21-35(22-26-38)33-13-5-2-6-14-33)37-27-29-39(30-28-37)49-44-17-9-7-15-40(44)41-16-8-10-18-45(41)49;1-3-11-28(12-4-1)29-19-21-30(22-20-29)36-27-37(42-40(41-36)32-13-5-2-6-14-32)31-23-25-33(26-24-31)43-38-17-9-7-15-34(38)35-16-8-10-18-39(35)43/h1-32H;1-31H;1-27H. The zero-order valence-corrected chi connectivity index (χ0v) is 77.0. The third-order valence-corrected chi connectivity index (χ3v) is 26.8. The van der Waals surface area contributed by atoms with Crippen LogP contribution in [-0.4, -0.2) is 38.6 Å². The first-order valence-corrected chi connectivity index (χ1v) is 47.8. The lowest BCUT2D eigenvalue weighted by molar-refractivity contribution is 1.17. The number of pyridine rings is 1. The van der Waals surface area contributed by atoms with Gasteiger partial charge in [-0.3, -0.25) is 0 Å². The second-order valence-electron chi connectivity index (χ2n) is 35.4. The highest BCUT2D eigenvalue weighted by atomic mass is 15.0. The molecule has 0 atom stereocenters. The van der Waals surface area contributed by atoms with E-state index in [0.29, 0.717) is 11.6 Å². The summed E-state index contributed by atoms with van der Waals surface area (Å²) in [5.74, 6) is 1.41. The smallest absolute Gasteiger partial charge is 0.160 e. The van der Waals surface area contributed by atoms with Gasteiger partial charge in [0.05, 0.1) is 67.3 Å². The van der Waals surface area contributed by atoms with Crippen LogP contribution < -0.4 is 0 Å². The summed E-state index contributed by atoms with van der Waals surface area (Å²) in [6.07, 6.45) is 0. The molecule has 0 fully saturated rings. The van der Waals surface area contributed by atoms with E-state index < -0.39 is 0 Å². The third kappa shape index (κ3) is 17.3. The Morgan fingerprint density at radius 2 is 0.255 bits per heavy atom. The van der Waals surface area contributed by atoms with Gasteiger partial charge in [0.25, 0.3) is 0 Å². The van der Waals surface area contributed by atoms with Crippen molar-refractivity contribution in [3.05, 3.63) is 546 Å². The molecule has 141 heavy (non-hydrogen) atoms. The maximum atomic E-state index is 5.23. The Labute approximate surface area is 818 Å². The molecule has 20 aromatic carbocycles. The number of hydrogen-bond donors (Lipinski definition) is 0. The molecule has 0 aliphatic rings. The average Bonchev–Trinajstić information content (AvgIpc) is 1.61. The van der Waals surface area contributed by atoms with Crippen LogP contribution in [-0.2, 0) is 0 Å². The van der Waals surface area contributed by atoms with Crippen molar-refractivity contribution in [2.75, 3.05) is 0 Å². The molecule has 0 amide bonds. The van der Waals surface area contributed by atoms with Gasteiger partial charge in [-0.2, -0.15) is 0 Å². The second kappa shape index (κ2) is 38.1. The van der Waals surface area contributed by atoms with Gasteiger partial charge in [-0.1, -0.05) is 449 Å². The van der Waals surface area contributed by atoms with Crippen molar-refractivity contribution in [3.63, 3.8) is 0 Å². The number of benzene rings is 20. The highest BCUT2D eigenvalue weighted by molar-refractivity contribution is 6.12. The lowest BCUT2D eigenvalue weighted by Gasteiger charge is -2.13. The van der Waals surface area contributed by atoms with Gasteiger partial charge in [0, 0.05) is 93.9 Å². The Hall–Kier alpha value is -18.9. The van der Waals surface area contributed by atoms with E-state index in [4.69, 9.17) is 24.9 Å². The van der Waals surface area contributed by atoms with Crippen molar-refractivity contribution < 1.29 is 0 Å². The molecule has 0 N–H and O–H groups in total. The quantitative estimate of drug-likeness (QED) is 0.0908. The monoisotopic (exact) mass is 1800 g/mol. The van der Waals surface area contributed by atoms with E-state index in [1.54, 1.807) is 0 Å². The third-order valence-electron chi connectivity index (χ3n) is 26.8. The molecule has 8 nitrogen and oxygen atoms in total. The summed E-state index contributed by atoms with van der Waals surface area (Å²) in [5, 5.41) is 7.55. The minimum Gasteiger partial charge on any atom is -0.309 e. The number of hydrogen-bond acceptors (Lipinski definition) is 5. The van der Waals surface area contributed by atoms with Crippen LogP contribution in [0.25, 0.3) is 240 Å². The SMILES string of the molecule is c1ccc(-c2ccc(-c3cc(-c4ccc(-n5c6ccccc6c6ccccc65)cc4)cc(-c4ccc(-c5ccccc5)cc4)n3)cc2)cc1.c1ccc(-c2ccc(-c3cc(-c4ccc(-n5c6ccccc6c6ccccc65)cc4)nc(-c4ccc(-c5ccccc5)cc4)n3)cc2)cc1.c1ccc(-c2ccc(-c3cc(-c4ccc(-n5c6ccccc6c6ccccc65)cc4)nc(-c4ccccc4)n3)cc2)cc1. The van der Waals surface area contributed by atoms with Crippen LogP contribution in [0.3, 0.4) is 0 Å². The maximum Gasteiger partial charge on any atom is 0.160 e. The first kappa shape index (κ1) is 85.1. The Morgan fingerprint density at radius 1 is 0.106 bits per heavy atom. The number of aromatic nitrogens is 8. The summed E-state index contributed by atoms with van der Waals surface area (Å²) in [6.45, 7) is 0. The molecule has 0 aliphatic heterocycles. The zero-order valence-electron chi connectivity index (χ0n) is 77.0. The molecule has 8 heteroatoms. The molecular formula is C133H90N8. The van der Waals surface area contributed by atoms with Gasteiger partial charge < -0.3 is 13.7 Å². The summed E-state index contributed by atoms with van der Waals surface area (Å²) in [6, 6.07) is 193. The van der Waals surface area contributed by atoms with Crippen molar-refractivity contribution in [1.82, 2.24) is 38.6 Å². The van der Waals surface area contributed by atoms with Gasteiger partial charge >= 0.3 is 0 Å². The second-order valence-corrected chi connectivity index (χ2v) is 35.4. The molecule has 6 heterocycles. The molecule has 0 saturated heterocycles. The highest BCUT2D eigenvalue weighted by Crippen LogP contribution is 2.42. The average molecular weight is 1800 g/mol. The molecule has 0 bridgehead atoms. The van der Waals surface area contributed by atoms with Crippen LogP contribution in [0.1, 0.15) is 0 Å². The van der Waals surface area contributed by atoms with Gasteiger partial charge in [-0.15, -0.1) is 0 Å². The molecule has 6 aromatic heterocycles. The van der Waals surface area contributed by atoms with Crippen LogP contribution in [0.2, 0.25) is 0 Å². The summed E-state index contributed by atoms with van der Waals surface area (Å²) in [4.78, 5) is 25.5. The Morgan fingerprint density at radius 3 is 0.482 bits per heavy atom. The van der Waals surface area contributed by atoms with E-state index >= 15 is 0 Å². The van der Waals surface area contributed by atoms with E-state index in [1.807, 2.05) is 36.4 Å². The van der Waals surface area contributed by atoms with Gasteiger partial charge in [-0.25, -0.2) is 24.9 Å². The molecule has 0 saturated carbocycles. The van der Waals surface area contributed by atoms with Gasteiger partial charge in [0.2, 0.25) is 0 Å². The number of nitrogens with zero attached hydrogens (tertiary/aromatic N) is 8. The highest BCUT2D eigenvalue weighted by Gasteiger charge is 2.21. The topological polar surface area (TPSA) is 79.2 Å². The molecule has 662 valence electrons. The van der Waals surface area contributed by atoms with Gasteiger partial charge in [0.1, 0.15) is 0 Å². The Bertz CT molecular complexity index is 8230. The Balaban J connectivity index is 0.000000115. The van der Waals surface area contributed by atoms with Crippen LogP contribution in [0.15, 0.2) is 546 Å². The van der Waals surface area contributed by atoms with Crippen molar-refractivity contribution in [2.24, 2.45) is 0 Å². The predicted octanol–water partition coefficient (Wildman–Crippen LogP) is 34.7. The summed E-state index contributed by atoms with van der Waals surface area (Å²) < 4.78 is 7.04. The lowest BCUT2D eigenvalue weighted by Crippen LogP contribution is -1.97. The largest absolute Gasteiger partial charge is 0.309 e. The number of fused-ring (bicyclic) bond motifs is 9. The van der Waals surface area contributed by atoms with Crippen LogP contribution >= 0.6 is 0 Å². The summed E-state index contributed by atoms with van der Waals surface area (Å²) in [7, 11) is 0. The number of rotatable bonds is 17. The fourth-order valence-corrected chi connectivity index (χ4v) is 19.6. The first-order valence-electron chi connectivity index (χ1n) is 47.8. The van der Waals surface area contributed by atoms with E-state index in [1.165, 1.54) is 115 Å². The van der Waals surface area contributed by atoms with Crippen LogP contribution in [0.5, 0.6) is 0 Å². The number of para-hydroxylation sites is 6. The van der Waals surface area contributed by atoms with E-state index in [2.05, 4.69) is 523 Å². The molecule has 0 aliphatic carbocycles. The van der Waals surface area contributed by atoms with Crippen LogP contribution in [0, 0.1) is 0 Å². The Kier molecular flexibility index (Phi) is 23.0. The molecule has 0 unspecified atom stereocenters. The van der Waals surface area contributed by atoms with Crippen molar-refractivity contribution >= 4 is 65.4 Å². The van der Waals surface area contributed by atoms with Gasteiger partial charge in [-0.05, 0) is 164 Å². The fourth-order valence-electron chi connectivity index (χ4n) is 19.6. The predicted molar refractivity (Wildman–Crippen MR) is 587 cm³/mol. The van der Waals surface area contributed by atoms with Crippen molar-refractivity contribution in [3.8, 4) is 174 Å². The van der Waals surface area contributed by atoms with Crippen molar-refractivity contribution in [1.29, 1.82) is 0 Å². The first-order chi connectivity index (χ1) is 69.9. The molecule has 0 radical (unpaired) electrons. The minimum atomic E-state index is 0.700. The van der Waals surface area contributed by atoms with Gasteiger partial charge in [0.15, 0.2) is 11.6 Å². The molecule has 26 rings (SSSR count). The van der Waals surface area contributed by atoms with E-state index in [9.17, 15) is 0 Å². The normalized spacial score (nSPS) is 11.3. The lowest BCUT2D eigenvalue weighted by atomic mass is 9.97. The molecular weight excluding hydrogens is 1710 g/mol. The zero-order chi connectivity index (χ0) is 93.7. The van der Waals surface area contributed by atoms with Crippen LogP contribution in [0.4, 0.5) is 0 Å². The summed E-state index contributed by atoms with van der Waals surface area (Å²) in [5.41, 5.74) is 38.6. The molecule has 26 aromatic rings. The van der Waals surface area contributed by atoms with Crippen molar-refractivity contribution in [2.45, 2.75) is 0 Å².